The topological polar surface area (TPSA) is 59.9 Å². The molecular weight excluding hydrogens is 252 g/mol. The van der Waals surface area contributed by atoms with E-state index in [1.807, 2.05) is 19.1 Å². The number of rotatable bonds is 4. The first-order valence-electron chi connectivity index (χ1n) is 6.68. The van der Waals surface area contributed by atoms with Crippen molar-refractivity contribution in [3.63, 3.8) is 0 Å². The van der Waals surface area contributed by atoms with E-state index in [0.717, 1.165) is 5.69 Å². The predicted octanol–water partition coefficient (Wildman–Crippen LogP) is 3.31. The summed E-state index contributed by atoms with van der Waals surface area (Å²) in [5, 5.41) is 3.14. The molecule has 5 nitrogen and oxygen atoms in total. The van der Waals surface area contributed by atoms with Gasteiger partial charge in [-0.15, -0.1) is 0 Å². The molecule has 20 heavy (non-hydrogen) atoms. The molecule has 0 aliphatic rings. The number of ether oxygens (including phenoxy) is 1. The van der Waals surface area contributed by atoms with Crippen LogP contribution in [0.3, 0.4) is 0 Å². The molecule has 1 aromatic carbocycles. The summed E-state index contributed by atoms with van der Waals surface area (Å²) in [6, 6.07) is 8.58. The molecule has 0 spiro atoms. The SMILES string of the molecule is CCOc1ncnc(Nc2ccc(C(C)(C)C)cc2)n1. The van der Waals surface area contributed by atoms with Gasteiger partial charge in [0.25, 0.3) is 0 Å². The van der Waals surface area contributed by atoms with Gasteiger partial charge in [-0.2, -0.15) is 9.97 Å². The zero-order valence-electron chi connectivity index (χ0n) is 12.3. The molecule has 1 heterocycles. The van der Waals surface area contributed by atoms with Crippen molar-refractivity contribution in [2.45, 2.75) is 33.1 Å². The molecule has 106 valence electrons. The Balaban J connectivity index is 2.12. The number of hydrogen-bond acceptors (Lipinski definition) is 5. The first-order valence-corrected chi connectivity index (χ1v) is 6.68. The predicted molar refractivity (Wildman–Crippen MR) is 79.4 cm³/mol. The van der Waals surface area contributed by atoms with Crippen LogP contribution >= 0.6 is 0 Å². The van der Waals surface area contributed by atoms with Crippen LogP contribution in [0.25, 0.3) is 0 Å². The fourth-order valence-electron chi connectivity index (χ4n) is 1.72. The average Bonchev–Trinajstić information content (AvgIpc) is 2.39. The van der Waals surface area contributed by atoms with Gasteiger partial charge in [0, 0.05) is 5.69 Å². The van der Waals surface area contributed by atoms with Crippen LogP contribution in [0, 0.1) is 0 Å². The van der Waals surface area contributed by atoms with Gasteiger partial charge in [0.1, 0.15) is 6.33 Å². The second kappa shape index (κ2) is 5.86. The first kappa shape index (κ1) is 14.2. The maximum atomic E-state index is 5.25. The van der Waals surface area contributed by atoms with Crippen LogP contribution in [0.2, 0.25) is 0 Å². The number of anilines is 2. The minimum absolute atomic E-state index is 0.147. The van der Waals surface area contributed by atoms with Gasteiger partial charge in [-0.3, -0.25) is 0 Å². The fraction of sp³-hybridized carbons (Fsp3) is 0.400. The van der Waals surface area contributed by atoms with Crippen molar-refractivity contribution < 1.29 is 4.74 Å². The van der Waals surface area contributed by atoms with Gasteiger partial charge >= 0.3 is 6.01 Å². The molecule has 0 amide bonds. The van der Waals surface area contributed by atoms with Gasteiger partial charge in [0.05, 0.1) is 6.61 Å². The summed E-state index contributed by atoms with van der Waals surface area (Å²) in [7, 11) is 0. The highest BCUT2D eigenvalue weighted by Gasteiger charge is 2.12. The molecule has 5 heteroatoms. The van der Waals surface area contributed by atoms with Gasteiger partial charge in [-0.1, -0.05) is 32.9 Å². The quantitative estimate of drug-likeness (QED) is 0.925. The van der Waals surface area contributed by atoms with Gasteiger partial charge in [0.2, 0.25) is 5.95 Å². The van der Waals surface area contributed by atoms with Gasteiger partial charge in [0.15, 0.2) is 0 Å². The maximum Gasteiger partial charge on any atom is 0.321 e. The Bertz CT molecular complexity index is 561. The molecule has 0 unspecified atom stereocenters. The third kappa shape index (κ3) is 3.66. The molecule has 0 saturated carbocycles. The lowest BCUT2D eigenvalue weighted by Crippen LogP contribution is -2.10. The Labute approximate surface area is 119 Å². The number of nitrogens with one attached hydrogen (secondary N) is 1. The minimum atomic E-state index is 0.147. The van der Waals surface area contributed by atoms with Crippen molar-refractivity contribution in [3.8, 4) is 6.01 Å². The highest BCUT2D eigenvalue weighted by Crippen LogP contribution is 2.24. The van der Waals surface area contributed by atoms with Crippen molar-refractivity contribution in [1.29, 1.82) is 0 Å². The highest BCUT2D eigenvalue weighted by atomic mass is 16.5. The van der Waals surface area contributed by atoms with E-state index in [0.29, 0.717) is 18.6 Å². The number of hydrogen-bond donors (Lipinski definition) is 1. The third-order valence-electron chi connectivity index (χ3n) is 2.83. The molecule has 0 aliphatic carbocycles. The molecule has 2 aromatic rings. The molecule has 0 bridgehead atoms. The van der Waals surface area contributed by atoms with Gasteiger partial charge < -0.3 is 10.1 Å². The lowest BCUT2D eigenvalue weighted by molar-refractivity contribution is 0.312. The van der Waals surface area contributed by atoms with E-state index in [2.05, 4.69) is 53.2 Å². The van der Waals surface area contributed by atoms with Crippen molar-refractivity contribution in [1.82, 2.24) is 15.0 Å². The van der Waals surface area contributed by atoms with Crippen LogP contribution in [0.15, 0.2) is 30.6 Å². The summed E-state index contributed by atoms with van der Waals surface area (Å²) in [5.74, 6) is 0.479. The van der Waals surface area contributed by atoms with E-state index in [1.54, 1.807) is 0 Å². The van der Waals surface area contributed by atoms with Crippen LogP contribution in [0.5, 0.6) is 6.01 Å². The Hall–Kier alpha value is -2.17. The van der Waals surface area contributed by atoms with Gasteiger partial charge in [-0.05, 0) is 30.0 Å². The van der Waals surface area contributed by atoms with E-state index < -0.39 is 0 Å². The largest absolute Gasteiger partial charge is 0.464 e. The van der Waals surface area contributed by atoms with Crippen molar-refractivity contribution >= 4 is 11.6 Å². The molecule has 0 aliphatic heterocycles. The Kier molecular flexibility index (Phi) is 4.17. The molecule has 0 radical (unpaired) electrons. The standard InChI is InChI=1S/C15H20N4O/c1-5-20-14-17-10-16-13(19-14)18-12-8-6-11(7-9-12)15(2,3)4/h6-10H,5H2,1-4H3,(H,16,17,18,19). The Morgan fingerprint density at radius 1 is 1.10 bits per heavy atom. The van der Waals surface area contributed by atoms with E-state index in [1.165, 1.54) is 11.9 Å². The lowest BCUT2D eigenvalue weighted by atomic mass is 9.87. The van der Waals surface area contributed by atoms with Crippen LogP contribution in [0.1, 0.15) is 33.3 Å². The molecule has 0 fully saturated rings. The van der Waals surface area contributed by atoms with E-state index >= 15 is 0 Å². The molecule has 1 N–H and O–H groups in total. The van der Waals surface area contributed by atoms with Crippen molar-refractivity contribution in [2.75, 3.05) is 11.9 Å². The third-order valence-corrected chi connectivity index (χ3v) is 2.83. The summed E-state index contributed by atoms with van der Waals surface area (Å²) in [6.45, 7) is 8.99. The molecule has 1 aromatic heterocycles. The second-order valence-corrected chi connectivity index (χ2v) is 5.48. The summed E-state index contributed by atoms with van der Waals surface area (Å²) in [5.41, 5.74) is 2.37. The average molecular weight is 272 g/mol. The minimum Gasteiger partial charge on any atom is -0.464 e. The highest BCUT2D eigenvalue weighted by molar-refractivity contribution is 5.54. The van der Waals surface area contributed by atoms with Crippen molar-refractivity contribution in [3.05, 3.63) is 36.2 Å². The van der Waals surface area contributed by atoms with E-state index in [9.17, 15) is 0 Å². The van der Waals surface area contributed by atoms with Crippen LogP contribution in [-0.2, 0) is 5.41 Å². The van der Waals surface area contributed by atoms with E-state index in [4.69, 9.17) is 4.74 Å². The zero-order valence-corrected chi connectivity index (χ0v) is 12.3. The van der Waals surface area contributed by atoms with Crippen LogP contribution < -0.4 is 10.1 Å². The lowest BCUT2D eigenvalue weighted by Gasteiger charge is -2.19. The monoisotopic (exact) mass is 272 g/mol. The first-order chi connectivity index (χ1) is 9.49. The normalized spacial score (nSPS) is 11.2. The Morgan fingerprint density at radius 2 is 1.80 bits per heavy atom. The number of nitrogens with zero attached hydrogens (tertiary/aromatic N) is 3. The van der Waals surface area contributed by atoms with Gasteiger partial charge in [-0.25, -0.2) is 4.98 Å². The van der Waals surface area contributed by atoms with E-state index in [-0.39, 0.29) is 5.41 Å². The fourth-order valence-corrected chi connectivity index (χ4v) is 1.72. The Morgan fingerprint density at radius 3 is 2.40 bits per heavy atom. The number of benzene rings is 1. The summed E-state index contributed by atoms with van der Waals surface area (Å²) in [4.78, 5) is 12.2. The summed E-state index contributed by atoms with van der Waals surface area (Å²) >= 11 is 0. The smallest absolute Gasteiger partial charge is 0.321 e. The molecule has 0 saturated heterocycles. The second-order valence-electron chi connectivity index (χ2n) is 5.48. The van der Waals surface area contributed by atoms with Crippen LogP contribution in [-0.4, -0.2) is 21.6 Å². The maximum absolute atomic E-state index is 5.25. The summed E-state index contributed by atoms with van der Waals surface area (Å²) in [6.07, 6.45) is 1.43. The number of aromatic nitrogens is 3. The molecule has 0 atom stereocenters. The zero-order chi connectivity index (χ0) is 14.6. The molecular formula is C15H20N4O. The van der Waals surface area contributed by atoms with Crippen LogP contribution in [0.4, 0.5) is 11.6 Å². The van der Waals surface area contributed by atoms with Crippen molar-refractivity contribution in [2.24, 2.45) is 0 Å². The summed E-state index contributed by atoms with van der Waals surface area (Å²) < 4.78 is 5.25. The molecule has 2 rings (SSSR count).